The molecule has 13 N–H and O–H groups in total. The van der Waals surface area contributed by atoms with Gasteiger partial charge in [-0.15, -0.1) is 0 Å². The van der Waals surface area contributed by atoms with Crippen molar-refractivity contribution in [1.82, 2.24) is 31.6 Å². The lowest BCUT2D eigenvalue weighted by Gasteiger charge is -2.24. The first-order valence-corrected chi connectivity index (χ1v) is 14.7. The molecule has 0 saturated heterocycles. The average molecular weight is 677 g/mol. The summed E-state index contributed by atoms with van der Waals surface area (Å²) in [5.41, 5.74) is 12.3. The molecule has 0 aliphatic rings. The third-order valence-corrected chi connectivity index (χ3v) is 7.02. The maximum atomic E-state index is 13.3. The largest absolute Gasteiger partial charge is 0.481 e. The molecule has 1 aromatic carbocycles. The molecule has 0 radical (unpaired) electrons. The summed E-state index contributed by atoms with van der Waals surface area (Å²) in [5.74, 6) is -8.27. The maximum Gasteiger partial charge on any atom is 0.328 e. The van der Waals surface area contributed by atoms with E-state index in [4.69, 9.17) is 21.7 Å². The van der Waals surface area contributed by atoms with Crippen molar-refractivity contribution in [3.05, 3.63) is 36.0 Å². The number of amides is 6. The fraction of sp³-hybridized carbons (Fsp3) is 0.448. The van der Waals surface area contributed by atoms with E-state index in [-0.39, 0.29) is 12.8 Å². The van der Waals surface area contributed by atoms with Crippen LogP contribution in [-0.4, -0.2) is 111 Å². The smallest absolute Gasteiger partial charge is 0.328 e. The molecule has 2 aromatic rings. The molecule has 19 heteroatoms. The first-order chi connectivity index (χ1) is 22.5. The molecule has 0 unspecified atom stereocenters. The molecule has 2 rings (SSSR count). The summed E-state index contributed by atoms with van der Waals surface area (Å²) in [5, 5.41) is 39.7. The van der Waals surface area contributed by atoms with Crippen LogP contribution in [0, 0.1) is 0 Å². The SMILES string of the molecule is C[C@H](NC(=O)CNC(=O)[C@H](Cc1c[nH]c2ccccc12)NC(=O)[C@H](CC(N)=O)NC(=O)[C@@H](N)CCC(=O)O)C(=O)N[C@H](C(=O)O)[C@@H](C)O. The predicted molar refractivity (Wildman–Crippen MR) is 166 cm³/mol. The number of nitrogens with one attached hydrogen (secondary N) is 6. The van der Waals surface area contributed by atoms with Crippen molar-refractivity contribution in [1.29, 1.82) is 0 Å². The number of rotatable bonds is 19. The Balaban J connectivity index is 2.19. The number of fused-ring (bicyclic) bond motifs is 1. The number of carboxylic acid groups (broad SMARTS) is 2. The van der Waals surface area contributed by atoms with Gasteiger partial charge in [0.25, 0.3) is 0 Å². The lowest BCUT2D eigenvalue weighted by molar-refractivity contribution is -0.145. The highest BCUT2D eigenvalue weighted by molar-refractivity contribution is 5.97. The number of aliphatic hydroxyl groups excluding tert-OH is 1. The van der Waals surface area contributed by atoms with Crippen LogP contribution >= 0.6 is 0 Å². The zero-order valence-corrected chi connectivity index (χ0v) is 26.1. The van der Waals surface area contributed by atoms with Gasteiger partial charge in [-0.25, -0.2) is 4.79 Å². The highest BCUT2D eigenvalue weighted by atomic mass is 16.4. The van der Waals surface area contributed by atoms with Gasteiger partial charge in [-0.3, -0.25) is 33.6 Å². The van der Waals surface area contributed by atoms with Crippen LogP contribution in [0.15, 0.2) is 30.5 Å². The molecule has 48 heavy (non-hydrogen) atoms. The minimum Gasteiger partial charge on any atom is -0.481 e. The quantitative estimate of drug-likeness (QED) is 0.0685. The summed E-state index contributed by atoms with van der Waals surface area (Å²) in [4.78, 5) is 101. The lowest BCUT2D eigenvalue weighted by atomic mass is 10.0. The number of primary amides is 1. The Kier molecular flexibility index (Phi) is 14.4. The molecule has 19 nitrogen and oxygen atoms in total. The van der Waals surface area contributed by atoms with E-state index in [2.05, 4.69) is 31.6 Å². The summed E-state index contributed by atoms with van der Waals surface area (Å²) in [6.07, 6.45) is -1.34. The van der Waals surface area contributed by atoms with Gasteiger partial charge in [-0.05, 0) is 31.9 Å². The van der Waals surface area contributed by atoms with Crippen LogP contribution in [0.2, 0.25) is 0 Å². The molecule has 0 aliphatic carbocycles. The number of carbonyl (C=O) groups excluding carboxylic acids is 6. The van der Waals surface area contributed by atoms with Crippen molar-refractivity contribution in [3.63, 3.8) is 0 Å². The van der Waals surface area contributed by atoms with E-state index in [0.717, 1.165) is 12.4 Å². The van der Waals surface area contributed by atoms with E-state index in [1.54, 1.807) is 30.5 Å². The molecule has 0 saturated carbocycles. The van der Waals surface area contributed by atoms with Gasteiger partial charge in [0.05, 0.1) is 25.1 Å². The fourth-order valence-corrected chi connectivity index (χ4v) is 4.42. The van der Waals surface area contributed by atoms with E-state index in [9.17, 15) is 43.5 Å². The number of benzene rings is 1. The molecule has 0 spiro atoms. The maximum absolute atomic E-state index is 13.3. The first kappa shape index (κ1) is 38.6. The molecule has 0 bridgehead atoms. The molecule has 6 atom stereocenters. The summed E-state index contributed by atoms with van der Waals surface area (Å²) in [6.45, 7) is 1.72. The Morgan fingerprint density at radius 2 is 1.50 bits per heavy atom. The molecule has 262 valence electrons. The fourth-order valence-electron chi connectivity index (χ4n) is 4.42. The van der Waals surface area contributed by atoms with Gasteiger partial charge < -0.3 is 58.4 Å². The number of para-hydroxylation sites is 1. The third kappa shape index (κ3) is 12.0. The number of nitrogens with two attached hydrogens (primary N) is 2. The second-order valence-corrected chi connectivity index (χ2v) is 11.0. The van der Waals surface area contributed by atoms with Crippen LogP contribution in [0.4, 0.5) is 0 Å². The topological polar surface area (TPSA) is 325 Å². The Hall–Kier alpha value is -5.56. The number of aromatic nitrogens is 1. The summed E-state index contributed by atoms with van der Waals surface area (Å²) < 4.78 is 0. The monoisotopic (exact) mass is 676 g/mol. The van der Waals surface area contributed by atoms with Crippen molar-refractivity contribution in [3.8, 4) is 0 Å². The minimum absolute atomic E-state index is 0.132. The van der Waals surface area contributed by atoms with E-state index >= 15 is 0 Å². The van der Waals surface area contributed by atoms with Crippen LogP contribution in [-0.2, 0) is 44.8 Å². The lowest BCUT2D eigenvalue weighted by Crippen LogP contribution is -2.58. The van der Waals surface area contributed by atoms with Crippen molar-refractivity contribution in [2.75, 3.05) is 6.54 Å². The highest BCUT2D eigenvalue weighted by Crippen LogP contribution is 2.19. The van der Waals surface area contributed by atoms with Gasteiger partial charge in [-0.1, -0.05) is 18.2 Å². The van der Waals surface area contributed by atoms with Crippen LogP contribution in [0.5, 0.6) is 0 Å². The normalized spacial score (nSPS) is 14.7. The van der Waals surface area contributed by atoms with Crippen molar-refractivity contribution in [2.45, 2.75) is 75.8 Å². The van der Waals surface area contributed by atoms with Crippen LogP contribution < -0.4 is 38.1 Å². The van der Waals surface area contributed by atoms with Gasteiger partial charge in [-0.2, -0.15) is 0 Å². The third-order valence-electron chi connectivity index (χ3n) is 7.02. The van der Waals surface area contributed by atoms with E-state index < -0.39 is 103 Å². The molecule has 1 heterocycles. The molecule has 1 aromatic heterocycles. The summed E-state index contributed by atoms with van der Waals surface area (Å²) in [6, 6.07) is -0.146. The van der Waals surface area contributed by atoms with E-state index in [0.29, 0.717) is 10.9 Å². The molecular weight excluding hydrogens is 636 g/mol. The Labute approximate surface area is 273 Å². The summed E-state index contributed by atoms with van der Waals surface area (Å²) >= 11 is 0. The minimum atomic E-state index is -1.63. The second-order valence-electron chi connectivity index (χ2n) is 11.0. The van der Waals surface area contributed by atoms with Crippen LogP contribution in [0.1, 0.15) is 38.7 Å². The van der Waals surface area contributed by atoms with Gasteiger partial charge in [0, 0.05) is 29.9 Å². The zero-order chi connectivity index (χ0) is 36.1. The van der Waals surface area contributed by atoms with Gasteiger partial charge in [0.1, 0.15) is 18.1 Å². The second kappa shape index (κ2) is 18.0. The number of hydrogen-bond donors (Lipinski definition) is 11. The predicted octanol–water partition coefficient (Wildman–Crippen LogP) is -3.68. The Bertz CT molecular complexity index is 1530. The number of aliphatic hydroxyl groups is 1. The van der Waals surface area contributed by atoms with E-state index in [1.165, 1.54) is 6.92 Å². The highest BCUT2D eigenvalue weighted by Gasteiger charge is 2.31. The standard InChI is InChI=1S/C29H40N8O11/c1-13(25(43)37-24(14(2)38)29(47)48)34-22(40)12-33-27(45)19(9-15-11-32-18-6-4-3-5-16(15)18)36-28(46)20(10-21(31)39)35-26(44)17(30)7-8-23(41)42/h3-6,11,13-14,17,19-20,24,32,38H,7-10,12,30H2,1-2H3,(H2,31,39)(H,33,45)(H,34,40)(H,35,44)(H,36,46)(H,37,43)(H,41,42)(H,47,48)/t13-,14+,17-,19-,20-,24-/m0/s1. The van der Waals surface area contributed by atoms with Crippen molar-refractivity contribution < 1.29 is 53.7 Å². The van der Waals surface area contributed by atoms with Crippen LogP contribution in [0.3, 0.4) is 0 Å². The summed E-state index contributed by atoms with van der Waals surface area (Å²) in [7, 11) is 0. The molecular formula is C29H40N8O11. The molecule has 0 fully saturated rings. The molecule has 6 amide bonds. The Morgan fingerprint density at radius 1 is 0.854 bits per heavy atom. The van der Waals surface area contributed by atoms with Gasteiger partial charge in [0.15, 0.2) is 6.04 Å². The molecule has 0 aliphatic heterocycles. The van der Waals surface area contributed by atoms with Crippen LogP contribution in [0.25, 0.3) is 10.9 Å². The first-order valence-electron chi connectivity index (χ1n) is 14.7. The van der Waals surface area contributed by atoms with Gasteiger partial charge >= 0.3 is 11.9 Å². The average Bonchev–Trinajstić information content (AvgIpc) is 3.42. The van der Waals surface area contributed by atoms with Gasteiger partial charge in [0.2, 0.25) is 35.4 Å². The zero-order valence-electron chi connectivity index (χ0n) is 26.1. The number of carboxylic acids is 2. The number of hydrogen-bond acceptors (Lipinski definition) is 10. The number of aromatic amines is 1. The van der Waals surface area contributed by atoms with Crippen molar-refractivity contribution in [2.24, 2.45) is 11.5 Å². The number of aliphatic carboxylic acids is 2. The Morgan fingerprint density at radius 3 is 2.10 bits per heavy atom. The van der Waals surface area contributed by atoms with Crippen molar-refractivity contribution >= 4 is 58.3 Å². The number of H-pyrrole nitrogens is 1. The van der Waals surface area contributed by atoms with E-state index in [1.807, 2.05) is 0 Å². The number of carbonyl (C=O) groups is 8.